The van der Waals surface area contributed by atoms with Gasteiger partial charge in [-0.25, -0.2) is 14.3 Å². The molecule has 202 valence electrons. The van der Waals surface area contributed by atoms with Gasteiger partial charge in [-0.2, -0.15) is 41.8 Å². The number of rotatable bonds is 4. The maximum atomic E-state index is 13.8. The third-order valence-electron chi connectivity index (χ3n) is 6.42. The number of pyridine rings is 2. The highest BCUT2D eigenvalue weighted by Gasteiger charge is 2.63. The first-order chi connectivity index (χ1) is 18.3. The molecule has 1 atom stereocenters. The number of aryl methyl sites for hydroxylation is 1. The quantitative estimate of drug-likeness (QED) is 0.277. The molecule has 1 aliphatic heterocycles. The van der Waals surface area contributed by atoms with E-state index in [0.717, 1.165) is 16.0 Å². The molecule has 0 aromatic carbocycles. The van der Waals surface area contributed by atoms with Crippen molar-refractivity contribution in [3.05, 3.63) is 54.7 Å². The van der Waals surface area contributed by atoms with E-state index >= 15 is 0 Å². The molecule has 5 rings (SSSR count). The van der Waals surface area contributed by atoms with Crippen molar-refractivity contribution in [2.24, 2.45) is 7.05 Å². The predicted octanol–water partition coefficient (Wildman–Crippen LogP) is 4.29. The normalized spacial score (nSPS) is 17.9. The topological polar surface area (TPSA) is 101 Å². The predicted molar refractivity (Wildman–Crippen MR) is 123 cm³/mol. The molecule has 4 aromatic rings. The summed E-state index contributed by atoms with van der Waals surface area (Å²) >= 11 is 0. The number of nitrogens with zero attached hydrogens (tertiary/aromatic N) is 7. The fraction of sp³-hybridized carbons (Fsp3) is 0.292. The van der Waals surface area contributed by atoms with Gasteiger partial charge in [0.2, 0.25) is 5.60 Å². The van der Waals surface area contributed by atoms with Gasteiger partial charge in [0.25, 0.3) is 0 Å². The summed E-state index contributed by atoms with van der Waals surface area (Å²) in [5, 5.41) is 18.0. The Morgan fingerprint density at radius 3 is 2.41 bits per heavy atom. The number of ether oxygens (including phenoxy) is 1. The van der Waals surface area contributed by atoms with Gasteiger partial charge in [0, 0.05) is 60.9 Å². The molecule has 15 heteroatoms. The minimum absolute atomic E-state index is 0.0429. The zero-order valence-corrected chi connectivity index (χ0v) is 20.0. The van der Waals surface area contributed by atoms with E-state index in [1.165, 1.54) is 23.0 Å². The lowest BCUT2D eigenvalue weighted by atomic mass is 10.0. The van der Waals surface area contributed by atoms with Crippen molar-refractivity contribution in [3.8, 4) is 28.3 Å². The summed E-state index contributed by atoms with van der Waals surface area (Å²) in [5.41, 5.74) is 0.00913. The molecule has 0 spiro atoms. The van der Waals surface area contributed by atoms with Crippen LogP contribution in [0, 0.1) is 11.3 Å². The van der Waals surface area contributed by atoms with E-state index in [2.05, 4.69) is 26.0 Å². The zero-order valence-electron chi connectivity index (χ0n) is 20.0. The van der Waals surface area contributed by atoms with E-state index in [1.807, 2.05) is 0 Å². The van der Waals surface area contributed by atoms with Gasteiger partial charge in [0.05, 0.1) is 30.0 Å². The number of halogens is 6. The molecular formula is C24H17F6N7O2. The third-order valence-corrected chi connectivity index (χ3v) is 6.42. The second kappa shape index (κ2) is 9.00. The van der Waals surface area contributed by atoms with Crippen LogP contribution in [0.1, 0.15) is 12.0 Å². The maximum Gasteiger partial charge on any atom is 0.490 e. The number of hydrogen-bond acceptors (Lipinski definition) is 7. The lowest BCUT2D eigenvalue weighted by Gasteiger charge is -2.31. The highest BCUT2D eigenvalue weighted by Crippen LogP contribution is 2.43. The first kappa shape index (κ1) is 26.0. The highest BCUT2D eigenvalue weighted by atomic mass is 19.4. The van der Waals surface area contributed by atoms with Crippen LogP contribution >= 0.6 is 0 Å². The van der Waals surface area contributed by atoms with Crippen LogP contribution in [0.5, 0.6) is 0 Å². The summed E-state index contributed by atoms with van der Waals surface area (Å²) < 4.78 is 86.5. The van der Waals surface area contributed by atoms with E-state index in [1.54, 1.807) is 42.5 Å². The Hall–Kier alpha value is -4.61. The van der Waals surface area contributed by atoms with Crippen molar-refractivity contribution < 1.29 is 35.9 Å². The van der Waals surface area contributed by atoms with Gasteiger partial charge >= 0.3 is 18.3 Å². The Kier molecular flexibility index (Phi) is 6.00. The molecule has 39 heavy (non-hydrogen) atoms. The van der Waals surface area contributed by atoms with Crippen LogP contribution in [0.3, 0.4) is 0 Å². The fourth-order valence-electron chi connectivity index (χ4n) is 4.47. The molecule has 5 heterocycles. The number of hydrogen-bond donors (Lipinski definition) is 0. The second-order valence-electron chi connectivity index (χ2n) is 8.96. The summed E-state index contributed by atoms with van der Waals surface area (Å²) in [6.07, 6.45) is -3.77. The first-order valence-electron chi connectivity index (χ1n) is 11.3. The number of esters is 1. The molecule has 0 saturated carbocycles. The summed E-state index contributed by atoms with van der Waals surface area (Å²) in [6.45, 7) is -1.40. The zero-order chi connectivity index (χ0) is 28.2. The molecule has 0 amide bonds. The van der Waals surface area contributed by atoms with Crippen molar-refractivity contribution >= 4 is 17.3 Å². The first-order valence-corrected chi connectivity index (χ1v) is 11.3. The lowest BCUT2D eigenvalue weighted by Crippen LogP contribution is -2.53. The van der Waals surface area contributed by atoms with Crippen molar-refractivity contribution in [3.63, 3.8) is 0 Å². The number of nitriles is 1. The van der Waals surface area contributed by atoms with Gasteiger partial charge in [-0.1, -0.05) is 0 Å². The van der Waals surface area contributed by atoms with Gasteiger partial charge in [0.15, 0.2) is 0 Å². The van der Waals surface area contributed by atoms with Crippen LogP contribution in [-0.2, 0) is 16.6 Å². The molecule has 1 fully saturated rings. The fourth-order valence-corrected chi connectivity index (χ4v) is 4.47. The molecule has 4 aromatic heterocycles. The standard InChI is InChI=1S/C24H17F6N7O2/c1-35-11-17(10-33-35)15-6-18(20-16(7-31)9-34-37(20)12-15)14-2-3-19(32-8-14)36-5-4-22(13-36,24(28,29)30)39-21(38)23(25,26)27/h2-3,6,8-12H,4-5,13H2,1H3. The van der Waals surface area contributed by atoms with Crippen molar-refractivity contribution in [2.75, 3.05) is 18.0 Å². The van der Waals surface area contributed by atoms with Gasteiger partial charge in [-0.3, -0.25) is 4.68 Å². The second-order valence-corrected chi connectivity index (χ2v) is 8.96. The molecule has 0 N–H and O–H groups in total. The van der Waals surface area contributed by atoms with Crippen molar-refractivity contribution in [1.29, 1.82) is 5.26 Å². The van der Waals surface area contributed by atoms with Gasteiger partial charge in [0.1, 0.15) is 11.9 Å². The molecule has 1 aliphatic rings. The minimum Gasteiger partial charge on any atom is -0.441 e. The van der Waals surface area contributed by atoms with Crippen LogP contribution in [0.4, 0.5) is 32.2 Å². The average molecular weight is 549 g/mol. The summed E-state index contributed by atoms with van der Waals surface area (Å²) in [7, 11) is 1.75. The Balaban J connectivity index is 1.48. The monoisotopic (exact) mass is 549 g/mol. The molecule has 1 saturated heterocycles. The Bertz CT molecular complexity index is 1600. The SMILES string of the molecule is Cn1cc(-c2cc(-c3ccc(N4CCC(OC(=O)C(F)(F)F)(C(F)(F)F)C4)nc3)c3c(C#N)cnn3c2)cn1. The van der Waals surface area contributed by atoms with Crippen molar-refractivity contribution in [2.45, 2.75) is 24.4 Å². The van der Waals surface area contributed by atoms with Crippen LogP contribution in [-0.4, -0.2) is 61.4 Å². The number of aromatic nitrogens is 5. The summed E-state index contributed by atoms with van der Waals surface area (Å²) in [6, 6.07) is 6.84. The maximum absolute atomic E-state index is 13.8. The van der Waals surface area contributed by atoms with Crippen LogP contribution < -0.4 is 4.90 Å². The molecule has 1 unspecified atom stereocenters. The van der Waals surface area contributed by atoms with Crippen LogP contribution in [0.15, 0.2) is 49.2 Å². The lowest BCUT2D eigenvalue weighted by molar-refractivity contribution is -0.278. The van der Waals surface area contributed by atoms with Crippen molar-refractivity contribution in [1.82, 2.24) is 24.4 Å². The summed E-state index contributed by atoms with van der Waals surface area (Å²) in [4.78, 5) is 16.6. The van der Waals surface area contributed by atoms with Crippen LogP contribution in [0.2, 0.25) is 0 Å². The number of anilines is 1. The number of fused-ring (bicyclic) bond motifs is 1. The Labute approximate surface area is 215 Å². The van der Waals surface area contributed by atoms with E-state index in [-0.39, 0.29) is 17.9 Å². The Morgan fingerprint density at radius 1 is 1.05 bits per heavy atom. The number of carbonyl (C=O) groups excluding carboxylic acids is 1. The van der Waals surface area contributed by atoms with Gasteiger partial charge < -0.3 is 9.64 Å². The van der Waals surface area contributed by atoms with E-state index < -0.39 is 36.9 Å². The number of carbonyl (C=O) groups is 1. The minimum atomic E-state index is -5.57. The largest absolute Gasteiger partial charge is 0.490 e. The molecule has 0 aliphatic carbocycles. The molecular weight excluding hydrogens is 532 g/mol. The average Bonchev–Trinajstić information content (AvgIpc) is 3.61. The molecule has 0 bridgehead atoms. The smallest absolute Gasteiger partial charge is 0.441 e. The molecule has 0 radical (unpaired) electrons. The van der Waals surface area contributed by atoms with E-state index in [9.17, 15) is 36.4 Å². The van der Waals surface area contributed by atoms with Gasteiger partial charge in [-0.15, -0.1) is 0 Å². The highest BCUT2D eigenvalue weighted by molar-refractivity contribution is 5.87. The summed E-state index contributed by atoms with van der Waals surface area (Å²) in [5.74, 6) is -2.86. The Morgan fingerprint density at radius 2 is 1.82 bits per heavy atom. The van der Waals surface area contributed by atoms with Gasteiger partial charge in [-0.05, 0) is 18.2 Å². The van der Waals surface area contributed by atoms with Crippen LogP contribution in [0.25, 0.3) is 27.8 Å². The third kappa shape index (κ3) is 4.62. The van der Waals surface area contributed by atoms with E-state index in [4.69, 9.17) is 0 Å². The number of alkyl halides is 6. The van der Waals surface area contributed by atoms with E-state index in [0.29, 0.717) is 16.6 Å². The molecule has 9 nitrogen and oxygen atoms in total.